The predicted octanol–water partition coefficient (Wildman–Crippen LogP) is 9.99. The van der Waals surface area contributed by atoms with E-state index < -0.39 is 12.5 Å². The number of para-hydroxylation sites is 1. The van der Waals surface area contributed by atoms with Crippen LogP contribution in [0.2, 0.25) is 0 Å². The maximum atomic E-state index is 14.9. The third-order valence-corrected chi connectivity index (χ3v) is 14.3. The normalized spacial score (nSPS) is 11.8. The molecule has 9 aromatic rings. The van der Waals surface area contributed by atoms with Crippen molar-refractivity contribution in [3.05, 3.63) is 214 Å². The summed E-state index contributed by atoms with van der Waals surface area (Å²) in [7, 11) is 6.97. The van der Waals surface area contributed by atoms with Crippen molar-refractivity contribution >= 4 is 75.2 Å². The second-order valence-corrected chi connectivity index (χ2v) is 20.7. The van der Waals surface area contributed by atoms with Crippen molar-refractivity contribution in [3.63, 3.8) is 0 Å². The molecule has 0 aliphatic carbocycles. The number of fused-ring (bicyclic) bond motifs is 4. The molecule has 373 valence electrons. The number of rotatable bonds is 17. The van der Waals surface area contributed by atoms with Gasteiger partial charge in [-0.15, -0.1) is 0 Å². The molecule has 0 spiro atoms. The summed E-state index contributed by atoms with van der Waals surface area (Å²) in [6.07, 6.45) is 0. The lowest BCUT2D eigenvalue weighted by Crippen LogP contribution is -2.35. The van der Waals surface area contributed by atoms with Crippen molar-refractivity contribution in [2.45, 2.75) is 65.5 Å². The van der Waals surface area contributed by atoms with Gasteiger partial charge in [-0.1, -0.05) is 160 Å². The van der Waals surface area contributed by atoms with Crippen molar-refractivity contribution in [1.82, 2.24) is 19.6 Å². The van der Waals surface area contributed by atoms with Crippen LogP contribution in [0.15, 0.2) is 164 Å². The smallest absolute Gasteiger partial charge is 0.537 e. The largest absolute Gasteiger partial charge is 0.569 e. The molecule has 9 rings (SSSR count). The minimum absolute atomic E-state index is 0.126. The van der Waals surface area contributed by atoms with Gasteiger partial charge in [0.1, 0.15) is 5.75 Å². The Labute approximate surface area is 435 Å². The van der Waals surface area contributed by atoms with Gasteiger partial charge < -0.3 is 29.5 Å². The fourth-order valence-electron chi connectivity index (χ4n) is 10.8. The molecule has 0 aromatic heterocycles. The Kier molecular flexibility index (Phi) is 15.4. The van der Waals surface area contributed by atoms with Crippen LogP contribution in [0, 0.1) is 0 Å². The standard InChI is InChI=1S/C62H63B2N4O6/c1-62(2,3)57-34-41(60(69)67(6)39-55-48-26-14-10-22-44(48)53(45-23-11-15-27-49(45)55)37-65(4)35-42-20-8-18-30-58(42)64(72)73)32-33-52(57)61(70)68(7)40-56-50-28-16-12-24-46(50)54(47-25-13-17-29-51(47)56)38-66(5)36-43-21-9-19-31-59(43)74-63-71/h8-34,71-73H,35-40H2,1-7H3. The Morgan fingerprint density at radius 1 is 0.486 bits per heavy atom. The van der Waals surface area contributed by atoms with Crippen molar-refractivity contribution < 1.29 is 29.3 Å². The molecule has 0 aliphatic rings. The van der Waals surface area contributed by atoms with E-state index in [1.54, 1.807) is 21.9 Å². The molecule has 0 saturated carbocycles. The van der Waals surface area contributed by atoms with E-state index in [0.717, 1.165) is 76.5 Å². The molecule has 2 amide bonds. The lowest BCUT2D eigenvalue weighted by atomic mass is 9.77. The quantitative estimate of drug-likeness (QED) is 0.0610. The van der Waals surface area contributed by atoms with Gasteiger partial charge in [-0.3, -0.25) is 19.4 Å². The van der Waals surface area contributed by atoms with Gasteiger partial charge in [0.25, 0.3) is 11.8 Å². The van der Waals surface area contributed by atoms with E-state index in [2.05, 4.69) is 110 Å². The zero-order chi connectivity index (χ0) is 52.3. The third-order valence-electron chi connectivity index (χ3n) is 14.3. The van der Waals surface area contributed by atoms with E-state index in [0.29, 0.717) is 69.3 Å². The van der Waals surface area contributed by atoms with Gasteiger partial charge in [-0.25, -0.2) is 0 Å². The monoisotopic (exact) mass is 981 g/mol. The molecular weight excluding hydrogens is 918 g/mol. The molecule has 0 atom stereocenters. The summed E-state index contributed by atoms with van der Waals surface area (Å²) < 4.78 is 5.40. The molecule has 9 aromatic carbocycles. The maximum Gasteiger partial charge on any atom is 0.569 e. The Hall–Kier alpha value is -7.31. The molecule has 0 fully saturated rings. The lowest BCUT2D eigenvalue weighted by molar-refractivity contribution is 0.0772. The molecular formula is C62H63B2N4O6. The van der Waals surface area contributed by atoms with E-state index in [1.165, 1.54) is 5.56 Å². The lowest BCUT2D eigenvalue weighted by Gasteiger charge is -2.28. The first-order chi connectivity index (χ1) is 35.6. The van der Waals surface area contributed by atoms with Gasteiger partial charge in [0.2, 0.25) is 0 Å². The molecule has 0 saturated heterocycles. The van der Waals surface area contributed by atoms with Gasteiger partial charge in [0.05, 0.1) is 0 Å². The minimum atomic E-state index is -1.55. The summed E-state index contributed by atoms with van der Waals surface area (Å²) in [5.41, 5.74) is 8.15. The van der Waals surface area contributed by atoms with Crippen LogP contribution < -0.4 is 10.1 Å². The van der Waals surface area contributed by atoms with Crippen LogP contribution >= 0.6 is 0 Å². The first-order valence-electron chi connectivity index (χ1n) is 25.1. The topological polar surface area (TPSA) is 117 Å². The number of hydrogen-bond acceptors (Lipinski definition) is 8. The van der Waals surface area contributed by atoms with Crippen molar-refractivity contribution in [2.75, 3.05) is 28.2 Å². The number of carbonyl (C=O) groups is 2. The second kappa shape index (κ2) is 22.0. The molecule has 3 N–H and O–H groups in total. The van der Waals surface area contributed by atoms with Gasteiger partial charge in [0.15, 0.2) is 0 Å². The highest BCUT2D eigenvalue weighted by atomic mass is 16.5. The zero-order valence-electron chi connectivity index (χ0n) is 43.3. The van der Waals surface area contributed by atoms with Crippen molar-refractivity contribution in [1.29, 1.82) is 0 Å². The summed E-state index contributed by atoms with van der Waals surface area (Å²) in [6.45, 7) is 9.34. The van der Waals surface area contributed by atoms with Crippen LogP contribution in [0.1, 0.15) is 80.4 Å². The SMILES string of the molecule is CN(Cc1ccccc1O[B]O)Cc1c2ccccc2c(CN(C)C(=O)c2ccc(C(=O)N(C)Cc3c4ccccc4c(CN(C)Cc4ccccc4B(O)O)c4ccccc34)cc2C(C)(C)C)c2ccccc12. The molecule has 10 nitrogen and oxygen atoms in total. The van der Waals surface area contributed by atoms with Crippen LogP contribution in [0.25, 0.3) is 43.1 Å². The molecule has 0 unspecified atom stereocenters. The number of benzene rings is 9. The van der Waals surface area contributed by atoms with Gasteiger partial charge in [-0.05, 0) is 126 Å². The summed E-state index contributed by atoms with van der Waals surface area (Å²) >= 11 is 0. The number of hydrogen-bond donors (Lipinski definition) is 3. The highest BCUT2D eigenvalue weighted by Crippen LogP contribution is 2.38. The zero-order valence-corrected chi connectivity index (χ0v) is 43.3. The number of amides is 2. The first-order valence-corrected chi connectivity index (χ1v) is 25.1. The first kappa shape index (κ1) is 51.6. The minimum Gasteiger partial charge on any atom is -0.537 e. The molecule has 0 heterocycles. The van der Waals surface area contributed by atoms with Crippen molar-refractivity contribution in [2.24, 2.45) is 0 Å². The molecule has 0 aliphatic heterocycles. The molecule has 0 bridgehead atoms. The van der Waals surface area contributed by atoms with Gasteiger partial charge in [0, 0.05) is 70.1 Å². The molecule has 12 heteroatoms. The van der Waals surface area contributed by atoms with E-state index in [9.17, 15) is 24.7 Å². The Bertz CT molecular complexity index is 3430. The average molecular weight is 982 g/mol. The molecule has 1 radical (unpaired) electrons. The van der Waals surface area contributed by atoms with E-state index in [1.807, 2.05) is 100 Å². The van der Waals surface area contributed by atoms with Gasteiger partial charge in [-0.2, -0.15) is 0 Å². The van der Waals surface area contributed by atoms with Crippen molar-refractivity contribution in [3.8, 4) is 5.75 Å². The highest BCUT2D eigenvalue weighted by Gasteiger charge is 2.28. The Morgan fingerprint density at radius 3 is 1.30 bits per heavy atom. The maximum absolute atomic E-state index is 14.9. The fraction of sp³-hybridized carbons (Fsp3) is 0.226. The summed E-state index contributed by atoms with van der Waals surface area (Å²) in [4.78, 5) is 37.5. The number of nitrogens with zero attached hydrogens (tertiary/aromatic N) is 4. The van der Waals surface area contributed by atoms with E-state index in [-0.39, 0.29) is 11.8 Å². The third kappa shape index (κ3) is 10.7. The second-order valence-electron chi connectivity index (χ2n) is 20.7. The Balaban J connectivity index is 0.982. The number of carbonyl (C=O) groups excluding carboxylic acids is 2. The predicted molar refractivity (Wildman–Crippen MR) is 301 cm³/mol. The van der Waals surface area contributed by atoms with Crippen LogP contribution in [0.4, 0.5) is 0 Å². The van der Waals surface area contributed by atoms with Crippen LogP contribution in [-0.4, -0.2) is 89.5 Å². The van der Waals surface area contributed by atoms with Crippen LogP contribution in [0.3, 0.4) is 0 Å². The van der Waals surface area contributed by atoms with Gasteiger partial charge >= 0.3 is 14.8 Å². The summed E-state index contributed by atoms with van der Waals surface area (Å²) in [5, 5.41) is 38.2. The fourth-order valence-corrected chi connectivity index (χ4v) is 10.8. The average Bonchev–Trinajstić information content (AvgIpc) is 3.40. The van der Waals surface area contributed by atoms with Crippen LogP contribution in [-0.2, 0) is 44.7 Å². The van der Waals surface area contributed by atoms with E-state index >= 15 is 0 Å². The van der Waals surface area contributed by atoms with Crippen LogP contribution in [0.5, 0.6) is 5.75 Å². The van der Waals surface area contributed by atoms with E-state index in [4.69, 9.17) is 4.65 Å². The highest BCUT2D eigenvalue weighted by molar-refractivity contribution is 6.59. The molecule has 74 heavy (non-hydrogen) atoms. The summed E-state index contributed by atoms with van der Waals surface area (Å²) in [5.74, 6) is 0.334. The summed E-state index contributed by atoms with van der Waals surface area (Å²) in [6, 6.07) is 54.2. The Morgan fingerprint density at radius 2 is 0.865 bits per heavy atom.